The number of aromatic hydroxyl groups is 1. The molecule has 3 aromatic rings. The Balaban J connectivity index is 1.61. The third kappa shape index (κ3) is 5.07. The minimum absolute atomic E-state index is 0.00869. The summed E-state index contributed by atoms with van der Waals surface area (Å²) in [5.74, 6) is -1.46. The number of likely N-dealkylation sites (tertiary alicyclic amines) is 1. The maximum absolute atomic E-state index is 13.1. The van der Waals surface area contributed by atoms with Gasteiger partial charge in [-0.05, 0) is 79.3 Å². The number of carboxylic acids is 1. The quantitative estimate of drug-likeness (QED) is 0.486. The lowest BCUT2D eigenvalue weighted by Gasteiger charge is -2.31. The van der Waals surface area contributed by atoms with E-state index in [2.05, 4.69) is 17.1 Å². The van der Waals surface area contributed by atoms with Crippen LogP contribution in [0.5, 0.6) is 5.75 Å². The van der Waals surface area contributed by atoms with E-state index in [1.54, 1.807) is 24.3 Å². The molecule has 3 N–H and O–H groups in total. The maximum atomic E-state index is 13.1. The van der Waals surface area contributed by atoms with Gasteiger partial charge in [0.2, 0.25) is 0 Å². The highest BCUT2D eigenvalue weighted by Crippen LogP contribution is 2.32. The molecular formula is C27H28N2O4. The number of piperidine rings is 1. The van der Waals surface area contributed by atoms with Crippen molar-refractivity contribution in [3.63, 3.8) is 0 Å². The number of aromatic carboxylic acids is 1. The van der Waals surface area contributed by atoms with Gasteiger partial charge in [0.1, 0.15) is 5.75 Å². The number of nitrogens with one attached hydrogen (secondary N) is 1. The number of phenolic OH excluding ortho intramolecular Hbond substituents is 1. The minimum atomic E-state index is -1.13. The average molecular weight is 445 g/mol. The Kier molecular flexibility index (Phi) is 6.75. The number of phenols is 1. The summed E-state index contributed by atoms with van der Waals surface area (Å²) in [6.07, 6.45) is 2.00. The average Bonchev–Trinajstić information content (AvgIpc) is 2.84. The van der Waals surface area contributed by atoms with Crippen LogP contribution in [0.3, 0.4) is 0 Å². The van der Waals surface area contributed by atoms with E-state index in [0.29, 0.717) is 5.92 Å². The van der Waals surface area contributed by atoms with Crippen molar-refractivity contribution in [3.05, 3.63) is 83.4 Å². The fourth-order valence-electron chi connectivity index (χ4n) is 4.41. The highest BCUT2D eigenvalue weighted by atomic mass is 16.4. The van der Waals surface area contributed by atoms with Crippen LogP contribution in [0.1, 0.15) is 52.0 Å². The zero-order valence-corrected chi connectivity index (χ0v) is 18.6. The van der Waals surface area contributed by atoms with E-state index < -0.39 is 11.9 Å². The molecule has 0 saturated carbocycles. The summed E-state index contributed by atoms with van der Waals surface area (Å²) in [5.41, 5.74) is 3.04. The van der Waals surface area contributed by atoms with Crippen molar-refractivity contribution in [2.24, 2.45) is 0 Å². The number of nitrogens with zero attached hydrogens (tertiary/aromatic N) is 1. The second-order valence-corrected chi connectivity index (χ2v) is 8.37. The molecular weight excluding hydrogens is 416 g/mol. The molecule has 0 unspecified atom stereocenters. The van der Waals surface area contributed by atoms with E-state index in [9.17, 15) is 19.8 Å². The minimum Gasteiger partial charge on any atom is -0.507 e. The van der Waals surface area contributed by atoms with Crippen LogP contribution in [0.2, 0.25) is 0 Å². The van der Waals surface area contributed by atoms with Gasteiger partial charge in [0, 0.05) is 0 Å². The van der Waals surface area contributed by atoms with Gasteiger partial charge in [-0.15, -0.1) is 0 Å². The number of hydrogen-bond acceptors (Lipinski definition) is 4. The standard InChI is InChI=1S/C27H28N2O4/c1-2-29-14-12-19(13-15-29)20-9-11-25(30)23(16-20)26(31)28-24-17-21(8-10-22(24)27(32)33)18-6-4-3-5-7-18/h3-11,16-17,19,30H,2,12-15H2,1H3,(H,28,31)(H,32,33). The van der Waals surface area contributed by atoms with Crippen LogP contribution in [-0.4, -0.2) is 46.6 Å². The predicted octanol–water partition coefficient (Wildman–Crippen LogP) is 5.21. The number of benzene rings is 3. The molecule has 0 spiro atoms. The second kappa shape index (κ2) is 9.88. The molecule has 1 heterocycles. The van der Waals surface area contributed by atoms with Crippen LogP contribution in [0.4, 0.5) is 5.69 Å². The van der Waals surface area contributed by atoms with E-state index >= 15 is 0 Å². The summed E-state index contributed by atoms with van der Waals surface area (Å²) >= 11 is 0. The monoisotopic (exact) mass is 444 g/mol. The van der Waals surface area contributed by atoms with Gasteiger partial charge in [-0.3, -0.25) is 4.79 Å². The van der Waals surface area contributed by atoms with Crippen LogP contribution >= 0.6 is 0 Å². The largest absolute Gasteiger partial charge is 0.507 e. The van der Waals surface area contributed by atoms with E-state index in [-0.39, 0.29) is 22.6 Å². The van der Waals surface area contributed by atoms with Crippen molar-refractivity contribution < 1.29 is 19.8 Å². The van der Waals surface area contributed by atoms with Crippen molar-refractivity contribution in [1.29, 1.82) is 0 Å². The molecule has 1 aliphatic heterocycles. The second-order valence-electron chi connectivity index (χ2n) is 8.37. The summed E-state index contributed by atoms with van der Waals surface area (Å²) < 4.78 is 0. The molecule has 3 aromatic carbocycles. The SMILES string of the molecule is CCN1CCC(c2ccc(O)c(C(=O)Nc3cc(-c4ccccc4)ccc3C(=O)O)c2)CC1. The molecule has 1 fully saturated rings. The summed E-state index contributed by atoms with van der Waals surface area (Å²) in [6, 6.07) is 19.5. The molecule has 1 saturated heterocycles. The molecule has 0 radical (unpaired) electrons. The number of carboxylic acid groups (broad SMARTS) is 1. The summed E-state index contributed by atoms with van der Waals surface area (Å²) in [4.78, 5) is 27.3. The molecule has 0 aromatic heterocycles. The number of rotatable bonds is 6. The fourth-order valence-corrected chi connectivity index (χ4v) is 4.41. The predicted molar refractivity (Wildman–Crippen MR) is 129 cm³/mol. The van der Waals surface area contributed by atoms with Crippen molar-refractivity contribution >= 4 is 17.6 Å². The van der Waals surface area contributed by atoms with E-state index in [4.69, 9.17) is 0 Å². The van der Waals surface area contributed by atoms with Gasteiger partial charge < -0.3 is 20.4 Å². The van der Waals surface area contributed by atoms with E-state index in [0.717, 1.165) is 49.2 Å². The van der Waals surface area contributed by atoms with Crippen LogP contribution in [-0.2, 0) is 0 Å². The molecule has 1 amide bonds. The van der Waals surface area contributed by atoms with Crippen LogP contribution in [0.25, 0.3) is 11.1 Å². The number of carbonyl (C=O) groups is 2. The first-order valence-electron chi connectivity index (χ1n) is 11.3. The smallest absolute Gasteiger partial charge is 0.337 e. The highest BCUT2D eigenvalue weighted by molar-refractivity contribution is 6.09. The summed E-state index contributed by atoms with van der Waals surface area (Å²) in [5, 5.41) is 22.7. The van der Waals surface area contributed by atoms with Crippen molar-refractivity contribution in [3.8, 4) is 16.9 Å². The molecule has 170 valence electrons. The molecule has 4 rings (SSSR count). The first-order valence-corrected chi connectivity index (χ1v) is 11.3. The zero-order chi connectivity index (χ0) is 23.4. The Morgan fingerprint density at radius 1 is 0.939 bits per heavy atom. The molecule has 6 heteroatoms. The van der Waals surface area contributed by atoms with Crippen molar-refractivity contribution in [1.82, 2.24) is 4.90 Å². The Morgan fingerprint density at radius 2 is 1.67 bits per heavy atom. The number of anilines is 1. The summed E-state index contributed by atoms with van der Waals surface area (Å²) in [7, 11) is 0. The topological polar surface area (TPSA) is 89.9 Å². The zero-order valence-electron chi connectivity index (χ0n) is 18.6. The van der Waals surface area contributed by atoms with Gasteiger partial charge >= 0.3 is 5.97 Å². The molecule has 1 aliphatic rings. The van der Waals surface area contributed by atoms with Gasteiger partial charge in [0.15, 0.2) is 0 Å². The van der Waals surface area contributed by atoms with Gasteiger partial charge in [-0.1, -0.05) is 49.4 Å². The Morgan fingerprint density at radius 3 is 2.33 bits per heavy atom. The van der Waals surface area contributed by atoms with Crippen LogP contribution < -0.4 is 5.32 Å². The molecule has 0 aliphatic carbocycles. The lowest BCUT2D eigenvalue weighted by Crippen LogP contribution is -2.32. The van der Waals surface area contributed by atoms with Crippen LogP contribution in [0.15, 0.2) is 66.7 Å². The number of hydrogen-bond donors (Lipinski definition) is 3. The first kappa shape index (κ1) is 22.6. The Bertz CT molecular complexity index is 1150. The number of amides is 1. The Hall–Kier alpha value is -3.64. The fraction of sp³-hybridized carbons (Fsp3) is 0.259. The van der Waals surface area contributed by atoms with Gasteiger partial charge in [-0.2, -0.15) is 0 Å². The lowest BCUT2D eigenvalue weighted by molar-refractivity contribution is 0.0698. The van der Waals surface area contributed by atoms with Gasteiger partial charge in [0.05, 0.1) is 16.8 Å². The molecule has 0 bridgehead atoms. The molecule has 33 heavy (non-hydrogen) atoms. The maximum Gasteiger partial charge on any atom is 0.337 e. The van der Waals surface area contributed by atoms with Crippen molar-refractivity contribution in [2.45, 2.75) is 25.7 Å². The Labute approximate surface area is 193 Å². The van der Waals surface area contributed by atoms with Gasteiger partial charge in [-0.25, -0.2) is 4.79 Å². The third-order valence-electron chi connectivity index (χ3n) is 6.38. The van der Waals surface area contributed by atoms with E-state index in [1.165, 1.54) is 6.07 Å². The highest BCUT2D eigenvalue weighted by Gasteiger charge is 2.22. The molecule has 6 nitrogen and oxygen atoms in total. The first-order chi connectivity index (χ1) is 16.0. The number of carbonyl (C=O) groups excluding carboxylic acids is 1. The third-order valence-corrected chi connectivity index (χ3v) is 6.38. The van der Waals surface area contributed by atoms with E-state index in [1.807, 2.05) is 36.4 Å². The summed E-state index contributed by atoms with van der Waals surface area (Å²) in [6.45, 7) is 5.21. The van der Waals surface area contributed by atoms with Gasteiger partial charge in [0.25, 0.3) is 5.91 Å². The van der Waals surface area contributed by atoms with Crippen molar-refractivity contribution in [2.75, 3.05) is 25.0 Å². The molecule has 0 atom stereocenters. The van der Waals surface area contributed by atoms with Crippen LogP contribution in [0, 0.1) is 0 Å². The normalized spacial score (nSPS) is 14.7. The lowest BCUT2D eigenvalue weighted by atomic mass is 9.88.